The molecule has 1 aromatic carbocycles. The molecule has 1 aromatic rings. The van der Waals surface area contributed by atoms with E-state index in [2.05, 4.69) is 71.9 Å². The van der Waals surface area contributed by atoms with E-state index >= 15 is 0 Å². The molecule has 0 spiro atoms. The zero-order valence-electron chi connectivity index (χ0n) is 11.3. The Kier molecular flexibility index (Phi) is 3.86. The third kappa shape index (κ3) is 2.33. The number of halogens is 1. The molecule has 0 radical (unpaired) electrons. The summed E-state index contributed by atoms with van der Waals surface area (Å²) in [5.74, 6) is 0. The van der Waals surface area contributed by atoms with Crippen LogP contribution in [-0.2, 0) is 0 Å². The van der Waals surface area contributed by atoms with E-state index in [1.165, 1.54) is 4.40 Å². The molecule has 0 nitrogen and oxygen atoms in total. The van der Waals surface area contributed by atoms with Crippen molar-refractivity contribution in [2.24, 2.45) is 0 Å². The van der Waals surface area contributed by atoms with E-state index < -0.39 is 12.3 Å². The molecule has 0 saturated carbocycles. The summed E-state index contributed by atoms with van der Waals surface area (Å²) in [7, 11) is 7.20. The number of hydrogen-bond acceptors (Lipinski definition) is 0. The van der Waals surface area contributed by atoms with E-state index in [0.29, 0.717) is 0 Å². The quantitative estimate of drug-likeness (QED) is 0.661. The summed E-state index contributed by atoms with van der Waals surface area (Å²) < 4.78 is 1.78. The molecule has 16 heavy (non-hydrogen) atoms. The second-order valence-electron chi connectivity index (χ2n) is 6.52. The van der Waals surface area contributed by atoms with Gasteiger partial charge in [0.1, 0.15) is 0 Å². The minimum atomic E-state index is -2.65. The molecule has 0 saturated heterocycles. The molecule has 0 heterocycles. The fourth-order valence-electron chi connectivity index (χ4n) is 2.66. The summed E-state index contributed by atoms with van der Waals surface area (Å²) in [6.07, 6.45) is 0. The Morgan fingerprint density at radius 2 is 1.19 bits per heavy atom. The molecule has 90 valence electrons. The van der Waals surface area contributed by atoms with E-state index in [1.54, 1.807) is 0 Å². The van der Waals surface area contributed by atoms with Crippen LogP contribution >= 0.6 is 10.0 Å². The molecule has 2 heteroatoms. The molecule has 1 rings (SSSR count). The number of benzene rings is 1. The topological polar surface area (TPSA) is 0 Å². The van der Waals surface area contributed by atoms with Gasteiger partial charge in [-0.2, -0.15) is 0 Å². The second-order valence-corrected chi connectivity index (χ2v) is 19.7. The van der Waals surface area contributed by atoms with Gasteiger partial charge in [-0.25, -0.2) is 0 Å². The first-order valence-electron chi connectivity index (χ1n) is 5.85. The van der Waals surface area contributed by atoms with Gasteiger partial charge in [-0.05, 0) is 0 Å². The van der Waals surface area contributed by atoms with Crippen molar-refractivity contribution in [1.82, 2.24) is 0 Å². The Balaban J connectivity index is 3.39. The first-order valence-corrected chi connectivity index (χ1v) is 11.8. The molecule has 0 bridgehead atoms. The van der Waals surface area contributed by atoms with Gasteiger partial charge < -0.3 is 0 Å². The van der Waals surface area contributed by atoms with Gasteiger partial charge in [0.25, 0.3) is 0 Å². The van der Waals surface area contributed by atoms with Crippen LogP contribution in [0, 0.1) is 0 Å². The summed E-state index contributed by atoms with van der Waals surface area (Å²) in [5, 5.41) is 0. The molecule has 0 amide bonds. The summed E-state index contributed by atoms with van der Waals surface area (Å²) in [4.78, 5) is 0. The van der Waals surface area contributed by atoms with Crippen molar-refractivity contribution in [3.8, 4) is 0 Å². The Hall–Kier alpha value is 0.0529. The third-order valence-corrected chi connectivity index (χ3v) is 21.3. The van der Waals surface area contributed by atoms with E-state index in [-0.39, 0.29) is 8.49 Å². The van der Waals surface area contributed by atoms with Gasteiger partial charge in [0, 0.05) is 0 Å². The third-order valence-electron chi connectivity index (χ3n) is 3.24. The van der Waals surface area contributed by atoms with Gasteiger partial charge in [0.15, 0.2) is 0 Å². The maximum atomic E-state index is 7.20. The van der Waals surface area contributed by atoms with Crippen molar-refractivity contribution in [3.63, 3.8) is 0 Å². The van der Waals surface area contributed by atoms with Crippen LogP contribution in [0.4, 0.5) is 0 Å². The van der Waals surface area contributed by atoms with Crippen molar-refractivity contribution in [1.29, 1.82) is 0 Å². The predicted molar refractivity (Wildman–Crippen MR) is 77.1 cm³/mol. The van der Waals surface area contributed by atoms with E-state index in [1.807, 2.05) is 0 Å². The second kappa shape index (κ2) is 4.38. The molecule has 0 fully saturated rings. The molecule has 0 aromatic heterocycles. The predicted octanol–water partition coefficient (Wildman–Crippen LogP) is 4.68. The molecule has 0 N–H and O–H groups in total. The van der Waals surface area contributed by atoms with Crippen LogP contribution in [0.2, 0.25) is 8.49 Å². The first-order chi connectivity index (χ1) is 7.11. The fraction of sp³-hybridized carbons (Fsp3) is 0.571. The Morgan fingerprint density at radius 3 is 1.50 bits per heavy atom. The van der Waals surface area contributed by atoms with Crippen molar-refractivity contribution in [3.05, 3.63) is 30.3 Å². The Labute approximate surface area is 107 Å². The van der Waals surface area contributed by atoms with Crippen molar-refractivity contribution in [2.75, 3.05) is 0 Å². The van der Waals surface area contributed by atoms with Crippen LogP contribution < -0.4 is 4.40 Å². The van der Waals surface area contributed by atoms with E-state index in [9.17, 15) is 0 Å². The van der Waals surface area contributed by atoms with Crippen LogP contribution in [0.5, 0.6) is 0 Å². The Morgan fingerprint density at radius 1 is 0.812 bits per heavy atom. The van der Waals surface area contributed by atoms with Crippen molar-refractivity contribution < 1.29 is 0 Å². The van der Waals surface area contributed by atoms with Gasteiger partial charge >= 0.3 is 107 Å². The average Bonchev–Trinajstić information content (AvgIpc) is 2.14. The van der Waals surface area contributed by atoms with Gasteiger partial charge in [-0.3, -0.25) is 0 Å². The van der Waals surface area contributed by atoms with Gasteiger partial charge in [0.05, 0.1) is 0 Å². The van der Waals surface area contributed by atoms with Crippen LogP contribution in [-0.4, -0.2) is 12.3 Å². The zero-order valence-corrected chi connectivity index (χ0v) is 14.1. The van der Waals surface area contributed by atoms with Crippen molar-refractivity contribution >= 4 is 26.7 Å². The molecule has 0 atom stereocenters. The van der Waals surface area contributed by atoms with Crippen LogP contribution in [0.15, 0.2) is 30.3 Å². The molecule has 0 aliphatic heterocycles. The summed E-state index contributed by atoms with van der Waals surface area (Å²) in [5.41, 5.74) is 0. The van der Waals surface area contributed by atoms with Crippen molar-refractivity contribution in [2.45, 2.75) is 50.0 Å². The Bertz CT molecular complexity index is 329. The number of rotatable bonds is 1. The SMILES string of the molecule is C[C](C)(C)[Ge]([Cl])([c]1ccccc1)[C](C)(C)C. The standard InChI is InChI=1S/C14H23ClGe/c1-13(2,3)16(15,14(4,5)6)12-10-8-7-9-11-12/h7-11H,1-6H3. The van der Waals surface area contributed by atoms with E-state index in [4.69, 9.17) is 10.0 Å². The van der Waals surface area contributed by atoms with Crippen LogP contribution in [0.3, 0.4) is 0 Å². The van der Waals surface area contributed by atoms with Crippen LogP contribution in [0.1, 0.15) is 41.5 Å². The molecule has 0 aliphatic rings. The van der Waals surface area contributed by atoms with Gasteiger partial charge in [0.2, 0.25) is 0 Å². The summed E-state index contributed by atoms with van der Waals surface area (Å²) >= 11 is -2.65. The maximum absolute atomic E-state index is 7.20. The van der Waals surface area contributed by atoms with Crippen LogP contribution in [0.25, 0.3) is 0 Å². The minimum absolute atomic E-state index is 0.196. The normalized spacial score (nSPS) is 13.9. The fourth-order valence-corrected chi connectivity index (χ4v) is 13.0. The van der Waals surface area contributed by atoms with Gasteiger partial charge in [-0.1, -0.05) is 0 Å². The molecule has 0 aliphatic carbocycles. The molecular formula is C14H23ClGe. The van der Waals surface area contributed by atoms with E-state index in [0.717, 1.165) is 0 Å². The monoisotopic (exact) mass is 300 g/mol. The average molecular weight is 299 g/mol. The zero-order chi connectivity index (χ0) is 12.6. The number of hydrogen-bond donors (Lipinski definition) is 0. The molecular weight excluding hydrogens is 276 g/mol. The van der Waals surface area contributed by atoms with Gasteiger partial charge in [-0.15, -0.1) is 0 Å². The summed E-state index contributed by atoms with van der Waals surface area (Å²) in [6.45, 7) is 13.7. The molecule has 0 unspecified atom stereocenters. The first kappa shape index (κ1) is 14.1. The summed E-state index contributed by atoms with van der Waals surface area (Å²) in [6, 6.07) is 10.7.